The van der Waals surface area contributed by atoms with Gasteiger partial charge in [0.2, 0.25) is 0 Å². The van der Waals surface area contributed by atoms with E-state index in [0.29, 0.717) is 16.9 Å². The zero-order valence-corrected chi connectivity index (χ0v) is 12.9. The lowest BCUT2D eigenvalue weighted by atomic mass is 10.2. The number of rotatable bonds is 5. The van der Waals surface area contributed by atoms with Crippen LogP contribution in [-0.4, -0.2) is 19.0 Å². The van der Waals surface area contributed by atoms with E-state index in [2.05, 4.69) is 10.6 Å². The molecule has 2 aromatic carbocycles. The number of nitrogens with one attached hydrogen (secondary N) is 2. The molecule has 0 aromatic heterocycles. The van der Waals surface area contributed by atoms with Gasteiger partial charge in [0.05, 0.1) is 18.4 Å². The van der Waals surface area contributed by atoms with Crippen molar-refractivity contribution >= 4 is 23.3 Å². The third-order valence-electron chi connectivity index (χ3n) is 3.10. The predicted octanol–water partition coefficient (Wildman–Crippen LogP) is 2.93. The van der Waals surface area contributed by atoms with Crippen LogP contribution in [0.15, 0.2) is 66.4 Å². The lowest BCUT2D eigenvalue weighted by Crippen LogP contribution is -2.14. The second-order valence-electron chi connectivity index (χ2n) is 4.67. The summed E-state index contributed by atoms with van der Waals surface area (Å²) in [6.45, 7) is 0. The number of benzene rings is 2. The molecule has 0 fully saturated rings. The minimum Gasteiger partial charge on any atom is -0.465 e. The summed E-state index contributed by atoms with van der Waals surface area (Å²) in [7, 11) is 1.28. The smallest absolute Gasteiger partial charge is 0.339 e. The van der Waals surface area contributed by atoms with Crippen molar-refractivity contribution in [3.05, 3.63) is 71.9 Å². The molecule has 0 aliphatic rings. The lowest BCUT2D eigenvalue weighted by Gasteiger charge is -2.08. The van der Waals surface area contributed by atoms with Gasteiger partial charge in [-0.3, -0.25) is 4.79 Å². The first-order valence-corrected chi connectivity index (χ1v) is 7.06. The van der Waals surface area contributed by atoms with Gasteiger partial charge in [-0.15, -0.1) is 0 Å². The highest BCUT2D eigenvalue weighted by atomic mass is 16.5. The summed E-state index contributed by atoms with van der Waals surface area (Å²) in [5.74, 6) is -1.06. The fourth-order valence-corrected chi connectivity index (χ4v) is 1.92. The quantitative estimate of drug-likeness (QED) is 0.502. The fourth-order valence-electron chi connectivity index (χ4n) is 1.92. The van der Waals surface area contributed by atoms with E-state index in [1.54, 1.807) is 48.5 Å². The molecular formula is C18H15N3O3. The van der Waals surface area contributed by atoms with E-state index in [0.717, 1.165) is 0 Å². The van der Waals surface area contributed by atoms with E-state index in [9.17, 15) is 9.59 Å². The van der Waals surface area contributed by atoms with Crippen molar-refractivity contribution < 1.29 is 14.3 Å². The molecule has 0 aliphatic heterocycles. The predicted molar refractivity (Wildman–Crippen MR) is 90.2 cm³/mol. The largest absolute Gasteiger partial charge is 0.465 e. The second-order valence-corrected chi connectivity index (χ2v) is 4.67. The molecule has 2 N–H and O–H groups in total. The van der Waals surface area contributed by atoms with Gasteiger partial charge in [0.15, 0.2) is 0 Å². The molecule has 0 aliphatic carbocycles. The van der Waals surface area contributed by atoms with Crippen LogP contribution in [0, 0.1) is 11.3 Å². The van der Waals surface area contributed by atoms with Gasteiger partial charge in [0.1, 0.15) is 11.6 Å². The monoisotopic (exact) mass is 321 g/mol. The molecular weight excluding hydrogens is 306 g/mol. The first-order chi connectivity index (χ1) is 11.7. The Kier molecular flexibility index (Phi) is 5.70. The molecule has 24 heavy (non-hydrogen) atoms. The number of nitrogens with zero attached hydrogens (tertiary/aromatic N) is 1. The van der Waals surface area contributed by atoms with E-state index in [1.807, 2.05) is 12.1 Å². The van der Waals surface area contributed by atoms with Gasteiger partial charge in [0, 0.05) is 11.9 Å². The van der Waals surface area contributed by atoms with Crippen LogP contribution in [0.25, 0.3) is 0 Å². The molecule has 0 radical (unpaired) electrons. The van der Waals surface area contributed by atoms with Gasteiger partial charge >= 0.3 is 5.97 Å². The Morgan fingerprint density at radius 1 is 1.08 bits per heavy atom. The number of para-hydroxylation sites is 2. The normalized spacial score (nSPS) is 10.4. The number of anilines is 2. The van der Waals surface area contributed by atoms with Gasteiger partial charge < -0.3 is 15.4 Å². The summed E-state index contributed by atoms with van der Waals surface area (Å²) < 4.78 is 4.69. The molecule has 2 aromatic rings. The van der Waals surface area contributed by atoms with Crippen molar-refractivity contribution in [1.82, 2.24) is 0 Å². The molecule has 0 spiro atoms. The average Bonchev–Trinajstić information content (AvgIpc) is 2.62. The van der Waals surface area contributed by atoms with Crippen molar-refractivity contribution in [1.29, 1.82) is 5.26 Å². The molecule has 0 saturated carbocycles. The number of hydrogen-bond acceptors (Lipinski definition) is 5. The number of carbonyl (C=O) groups excluding carboxylic acids is 2. The zero-order chi connectivity index (χ0) is 17.4. The maximum absolute atomic E-state index is 12.1. The standard InChI is InChI=1S/C18H15N3O3/c1-24-18(23)15-9-5-6-10-16(15)20-12-13(11-19)17(22)21-14-7-3-2-4-8-14/h2-10,12,20H,1H3,(H,21,22)/b13-12+. The molecule has 0 atom stereocenters. The highest BCUT2D eigenvalue weighted by Gasteiger charge is 2.12. The highest BCUT2D eigenvalue weighted by Crippen LogP contribution is 2.16. The van der Waals surface area contributed by atoms with Crippen LogP contribution in [0.3, 0.4) is 0 Å². The van der Waals surface area contributed by atoms with Crippen LogP contribution in [0.5, 0.6) is 0 Å². The number of nitriles is 1. The van der Waals surface area contributed by atoms with E-state index in [-0.39, 0.29) is 5.57 Å². The third kappa shape index (κ3) is 4.21. The van der Waals surface area contributed by atoms with Crippen molar-refractivity contribution in [2.45, 2.75) is 0 Å². The summed E-state index contributed by atoms with van der Waals surface area (Å²) in [5.41, 5.74) is 1.19. The highest BCUT2D eigenvalue weighted by molar-refractivity contribution is 6.06. The Morgan fingerprint density at radius 2 is 1.75 bits per heavy atom. The molecule has 2 rings (SSSR count). The summed E-state index contributed by atoms with van der Waals surface area (Å²) in [4.78, 5) is 23.8. The van der Waals surface area contributed by atoms with Gasteiger partial charge in [-0.1, -0.05) is 30.3 Å². The van der Waals surface area contributed by atoms with E-state index < -0.39 is 11.9 Å². The van der Waals surface area contributed by atoms with Crippen LogP contribution < -0.4 is 10.6 Å². The van der Waals surface area contributed by atoms with Crippen LogP contribution in [0.1, 0.15) is 10.4 Å². The first-order valence-electron chi connectivity index (χ1n) is 7.06. The lowest BCUT2D eigenvalue weighted by molar-refractivity contribution is -0.112. The first kappa shape index (κ1) is 16.8. The summed E-state index contributed by atoms with van der Waals surface area (Å²) in [6.07, 6.45) is 1.25. The van der Waals surface area contributed by atoms with Crippen LogP contribution in [-0.2, 0) is 9.53 Å². The fraction of sp³-hybridized carbons (Fsp3) is 0.0556. The number of methoxy groups -OCH3 is 1. The summed E-state index contributed by atoms with van der Waals surface area (Å²) in [6, 6.07) is 17.3. The summed E-state index contributed by atoms with van der Waals surface area (Å²) in [5, 5.41) is 14.6. The number of hydrogen-bond donors (Lipinski definition) is 2. The van der Waals surface area contributed by atoms with Crippen LogP contribution in [0.4, 0.5) is 11.4 Å². The van der Waals surface area contributed by atoms with Crippen molar-refractivity contribution in [2.24, 2.45) is 0 Å². The molecule has 0 bridgehead atoms. The van der Waals surface area contributed by atoms with Gasteiger partial charge in [0.25, 0.3) is 5.91 Å². The Bertz CT molecular complexity index is 808. The van der Waals surface area contributed by atoms with Crippen LogP contribution in [0.2, 0.25) is 0 Å². The molecule has 0 saturated heterocycles. The Labute approximate surface area is 139 Å². The number of esters is 1. The zero-order valence-electron chi connectivity index (χ0n) is 12.9. The molecule has 0 heterocycles. The Morgan fingerprint density at radius 3 is 2.42 bits per heavy atom. The molecule has 1 amide bonds. The maximum Gasteiger partial charge on any atom is 0.339 e. The number of amides is 1. The molecule has 6 nitrogen and oxygen atoms in total. The van der Waals surface area contributed by atoms with E-state index >= 15 is 0 Å². The van der Waals surface area contributed by atoms with Crippen LogP contribution >= 0.6 is 0 Å². The number of carbonyl (C=O) groups is 2. The SMILES string of the molecule is COC(=O)c1ccccc1N/C=C(\C#N)C(=O)Nc1ccccc1. The number of ether oxygens (including phenoxy) is 1. The van der Waals surface area contributed by atoms with E-state index in [4.69, 9.17) is 10.00 Å². The van der Waals surface area contributed by atoms with Gasteiger partial charge in [-0.05, 0) is 24.3 Å². The van der Waals surface area contributed by atoms with Gasteiger partial charge in [-0.25, -0.2) is 4.79 Å². The molecule has 120 valence electrons. The minimum atomic E-state index is -0.549. The minimum absolute atomic E-state index is 0.126. The van der Waals surface area contributed by atoms with Gasteiger partial charge in [-0.2, -0.15) is 5.26 Å². The van der Waals surface area contributed by atoms with Crippen molar-refractivity contribution in [3.63, 3.8) is 0 Å². The molecule has 0 unspecified atom stereocenters. The Hall–Kier alpha value is -3.59. The summed E-state index contributed by atoms with van der Waals surface area (Å²) >= 11 is 0. The Balaban J connectivity index is 2.16. The van der Waals surface area contributed by atoms with Crippen molar-refractivity contribution in [2.75, 3.05) is 17.7 Å². The maximum atomic E-state index is 12.1. The van der Waals surface area contributed by atoms with E-state index in [1.165, 1.54) is 13.3 Å². The third-order valence-corrected chi connectivity index (χ3v) is 3.10. The van der Waals surface area contributed by atoms with Crippen molar-refractivity contribution in [3.8, 4) is 6.07 Å². The molecule has 6 heteroatoms. The topological polar surface area (TPSA) is 91.2 Å². The average molecular weight is 321 g/mol. The second kappa shape index (κ2) is 8.15.